The maximum atomic E-state index is 12.0. The largest absolute Gasteiger partial charge is 0.469 e. The van der Waals surface area contributed by atoms with E-state index in [2.05, 4.69) is 0 Å². The van der Waals surface area contributed by atoms with Crippen LogP contribution in [-0.2, 0) is 16.0 Å². The molecule has 1 fully saturated rings. The summed E-state index contributed by atoms with van der Waals surface area (Å²) in [5, 5.41) is 10.8. The maximum absolute atomic E-state index is 12.0. The zero-order chi connectivity index (χ0) is 13.7. The van der Waals surface area contributed by atoms with Gasteiger partial charge in [-0.25, -0.2) is 0 Å². The molecule has 0 radical (unpaired) electrons. The molecule has 0 saturated heterocycles. The fourth-order valence-electron chi connectivity index (χ4n) is 3.00. The number of methoxy groups -OCH3 is 1. The predicted octanol–water partition coefficient (Wildman–Crippen LogP) is 2.71. The van der Waals surface area contributed by atoms with Crippen molar-refractivity contribution in [2.24, 2.45) is 5.92 Å². The van der Waals surface area contributed by atoms with Crippen molar-refractivity contribution < 1.29 is 14.6 Å². The summed E-state index contributed by atoms with van der Waals surface area (Å²) in [6, 6.07) is 9.83. The van der Waals surface area contributed by atoms with E-state index in [-0.39, 0.29) is 5.97 Å². The Morgan fingerprint density at radius 3 is 2.47 bits per heavy atom. The summed E-state index contributed by atoms with van der Waals surface area (Å²) in [6.45, 7) is 0. The third-order valence-electron chi connectivity index (χ3n) is 4.14. The number of esters is 1. The molecule has 0 heterocycles. The van der Waals surface area contributed by atoms with E-state index in [0.717, 1.165) is 24.8 Å². The van der Waals surface area contributed by atoms with E-state index in [1.54, 1.807) is 0 Å². The van der Waals surface area contributed by atoms with Crippen LogP contribution in [0.1, 0.15) is 37.7 Å². The van der Waals surface area contributed by atoms with Gasteiger partial charge in [-0.15, -0.1) is 0 Å². The molecular weight excluding hydrogens is 240 g/mol. The van der Waals surface area contributed by atoms with Crippen LogP contribution in [0.2, 0.25) is 0 Å². The van der Waals surface area contributed by atoms with E-state index in [9.17, 15) is 9.90 Å². The van der Waals surface area contributed by atoms with Crippen LogP contribution in [0, 0.1) is 5.92 Å². The van der Waals surface area contributed by atoms with Crippen LogP contribution >= 0.6 is 0 Å². The van der Waals surface area contributed by atoms with Crippen LogP contribution in [0.5, 0.6) is 0 Å². The molecule has 1 saturated carbocycles. The van der Waals surface area contributed by atoms with Gasteiger partial charge in [0.1, 0.15) is 0 Å². The van der Waals surface area contributed by atoms with Gasteiger partial charge in [0.25, 0.3) is 0 Å². The van der Waals surface area contributed by atoms with Gasteiger partial charge in [0, 0.05) is 0 Å². The summed E-state index contributed by atoms with van der Waals surface area (Å²) in [5.74, 6) is -0.756. The minimum atomic E-state index is -0.902. The first-order chi connectivity index (χ1) is 9.15. The quantitative estimate of drug-likeness (QED) is 0.849. The normalized spacial score (nSPS) is 19.7. The molecule has 1 aliphatic rings. The Hall–Kier alpha value is -1.35. The lowest BCUT2D eigenvalue weighted by atomic mass is 9.73. The topological polar surface area (TPSA) is 46.5 Å². The lowest BCUT2D eigenvalue weighted by molar-refractivity contribution is -0.158. The summed E-state index contributed by atoms with van der Waals surface area (Å²) in [5.41, 5.74) is 0.165. The predicted molar refractivity (Wildman–Crippen MR) is 73.7 cm³/mol. The minimum absolute atomic E-state index is 0.298. The number of aliphatic hydroxyl groups is 1. The Morgan fingerprint density at radius 2 is 1.89 bits per heavy atom. The molecule has 0 amide bonds. The SMILES string of the molecule is COC(=O)C(Cc1ccccc1)C1(O)CCCCC1. The van der Waals surface area contributed by atoms with Gasteiger partial charge in [-0.2, -0.15) is 0 Å². The fourth-order valence-corrected chi connectivity index (χ4v) is 3.00. The van der Waals surface area contributed by atoms with Gasteiger partial charge in [0.15, 0.2) is 0 Å². The molecule has 1 aromatic carbocycles. The Kier molecular flexibility index (Phi) is 4.59. The lowest BCUT2D eigenvalue weighted by Gasteiger charge is -2.37. The number of benzene rings is 1. The van der Waals surface area contributed by atoms with Crippen molar-refractivity contribution in [3.63, 3.8) is 0 Å². The first kappa shape index (κ1) is 14.1. The number of rotatable bonds is 4. The summed E-state index contributed by atoms with van der Waals surface area (Å²) in [4.78, 5) is 12.0. The van der Waals surface area contributed by atoms with Crippen molar-refractivity contribution in [1.29, 1.82) is 0 Å². The smallest absolute Gasteiger partial charge is 0.311 e. The first-order valence-electron chi connectivity index (χ1n) is 7.00. The van der Waals surface area contributed by atoms with Crippen molar-refractivity contribution in [2.75, 3.05) is 7.11 Å². The lowest BCUT2D eigenvalue weighted by Crippen LogP contribution is -2.45. The van der Waals surface area contributed by atoms with Crippen LogP contribution in [-0.4, -0.2) is 23.8 Å². The maximum Gasteiger partial charge on any atom is 0.311 e. The average molecular weight is 262 g/mol. The molecule has 0 aromatic heterocycles. The third kappa shape index (κ3) is 3.35. The number of carbonyl (C=O) groups is 1. The van der Waals surface area contributed by atoms with E-state index in [1.807, 2.05) is 30.3 Å². The van der Waals surface area contributed by atoms with Gasteiger partial charge in [-0.1, -0.05) is 49.6 Å². The third-order valence-corrected chi connectivity index (χ3v) is 4.14. The molecule has 19 heavy (non-hydrogen) atoms. The van der Waals surface area contributed by atoms with E-state index in [4.69, 9.17) is 4.74 Å². The summed E-state index contributed by atoms with van der Waals surface area (Å²) in [7, 11) is 1.40. The van der Waals surface area contributed by atoms with E-state index >= 15 is 0 Å². The Labute approximate surface area is 114 Å². The van der Waals surface area contributed by atoms with Gasteiger partial charge < -0.3 is 9.84 Å². The molecule has 0 spiro atoms. The van der Waals surface area contributed by atoms with Crippen molar-refractivity contribution in [3.05, 3.63) is 35.9 Å². The van der Waals surface area contributed by atoms with Crippen molar-refractivity contribution in [2.45, 2.75) is 44.1 Å². The molecule has 1 unspecified atom stereocenters. The second-order valence-electron chi connectivity index (χ2n) is 5.43. The van der Waals surface area contributed by atoms with Gasteiger partial charge in [0.05, 0.1) is 18.6 Å². The molecule has 1 N–H and O–H groups in total. The average Bonchev–Trinajstić information content (AvgIpc) is 2.46. The standard InChI is InChI=1S/C16H22O3/c1-19-15(17)14(12-13-8-4-2-5-9-13)16(18)10-6-3-7-11-16/h2,4-5,8-9,14,18H,3,6-7,10-12H2,1H3. The Balaban J connectivity index is 2.18. The highest BCUT2D eigenvalue weighted by Gasteiger charge is 2.42. The van der Waals surface area contributed by atoms with E-state index in [0.29, 0.717) is 19.3 Å². The number of hydrogen-bond acceptors (Lipinski definition) is 3. The van der Waals surface area contributed by atoms with Gasteiger partial charge >= 0.3 is 5.97 Å². The first-order valence-corrected chi connectivity index (χ1v) is 7.00. The number of ether oxygens (including phenoxy) is 1. The molecule has 3 nitrogen and oxygen atoms in total. The van der Waals surface area contributed by atoms with Crippen LogP contribution in [0.25, 0.3) is 0 Å². The minimum Gasteiger partial charge on any atom is -0.469 e. The number of carbonyl (C=O) groups excluding carboxylic acids is 1. The molecule has 1 aliphatic carbocycles. The molecule has 1 aromatic rings. The Morgan fingerprint density at radius 1 is 1.26 bits per heavy atom. The van der Waals surface area contributed by atoms with Gasteiger partial charge in [-0.3, -0.25) is 4.79 Å². The van der Waals surface area contributed by atoms with Crippen molar-refractivity contribution in [1.82, 2.24) is 0 Å². The summed E-state index contributed by atoms with van der Waals surface area (Å²) in [6.07, 6.45) is 5.04. The zero-order valence-corrected chi connectivity index (χ0v) is 11.5. The van der Waals surface area contributed by atoms with Crippen LogP contribution in [0.3, 0.4) is 0 Å². The molecule has 2 rings (SSSR count). The molecular formula is C16H22O3. The molecule has 1 atom stereocenters. The van der Waals surface area contributed by atoms with Crippen molar-refractivity contribution in [3.8, 4) is 0 Å². The van der Waals surface area contributed by atoms with Crippen LogP contribution < -0.4 is 0 Å². The fraction of sp³-hybridized carbons (Fsp3) is 0.562. The highest BCUT2D eigenvalue weighted by atomic mass is 16.5. The van der Waals surface area contributed by atoms with E-state index < -0.39 is 11.5 Å². The van der Waals surface area contributed by atoms with Crippen LogP contribution in [0.15, 0.2) is 30.3 Å². The highest BCUT2D eigenvalue weighted by Crippen LogP contribution is 2.36. The Bertz CT molecular complexity index is 407. The van der Waals surface area contributed by atoms with Crippen LogP contribution in [0.4, 0.5) is 0 Å². The highest BCUT2D eigenvalue weighted by molar-refractivity contribution is 5.74. The molecule has 0 bridgehead atoms. The van der Waals surface area contributed by atoms with Gasteiger partial charge in [0.2, 0.25) is 0 Å². The second kappa shape index (κ2) is 6.20. The monoisotopic (exact) mass is 262 g/mol. The molecule has 3 heteroatoms. The van der Waals surface area contributed by atoms with Gasteiger partial charge in [-0.05, 0) is 24.8 Å². The van der Waals surface area contributed by atoms with Crippen molar-refractivity contribution >= 4 is 5.97 Å². The second-order valence-corrected chi connectivity index (χ2v) is 5.43. The number of hydrogen-bond donors (Lipinski definition) is 1. The molecule has 104 valence electrons. The molecule has 0 aliphatic heterocycles. The summed E-state index contributed by atoms with van der Waals surface area (Å²) >= 11 is 0. The van der Waals surface area contributed by atoms with E-state index in [1.165, 1.54) is 7.11 Å². The zero-order valence-electron chi connectivity index (χ0n) is 11.5. The summed E-state index contributed by atoms with van der Waals surface area (Å²) < 4.78 is 4.90.